The summed E-state index contributed by atoms with van der Waals surface area (Å²) in [5, 5.41) is 2.92. The van der Waals surface area contributed by atoms with Gasteiger partial charge >= 0.3 is 0 Å². The van der Waals surface area contributed by atoms with E-state index in [2.05, 4.69) is 14.4 Å². The molecule has 1 heterocycles. The second-order valence-corrected chi connectivity index (χ2v) is 4.46. The van der Waals surface area contributed by atoms with Crippen LogP contribution in [0.2, 0.25) is 0 Å². The van der Waals surface area contributed by atoms with Crippen molar-refractivity contribution in [1.29, 1.82) is 0 Å². The first kappa shape index (κ1) is 9.34. The summed E-state index contributed by atoms with van der Waals surface area (Å²) in [6, 6.07) is 1.46. The van der Waals surface area contributed by atoms with Gasteiger partial charge in [-0.3, -0.25) is 4.72 Å². The summed E-state index contributed by atoms with van der Waals surface area (Å²) in [5.41, 5.74) is 0. The van der Waals surface area contributed by atoms with Gasteiger partial charge in [-0.05, 0) is 6.92 Å². The Kier molecular flexibility index (Phi) is 2.58. The van der Waals surface area contributed by atoms with Crippen LogP contribution in [0.15, 0.2) is 10.6 Å². The van der Waals surface area contributed by atoms with Gasteiger partial charge in [-0.2, -0.15) is 0 Å². The SMILES string of the molecule is Cc1cc(NS(=O)(=O)CCl)no1. The van der Waals surface area contributed by atoms with Crippen molar-refractivity contribution in [2.45, 2.75) is 6.92 Å². The van der Waals surface area contributed by atoms with Crippen molar-refractivity contribution in [1.82, 2.24) is 5.16 Å². The molecular weight excluding hydrogens is 204 g/mol. The maximum atomic E-state index is 10.9. The molecule has 0 unspecified atom stereocenters. The molecule has 0 spiro atoms. The van der Waals surface area contributed by atoms with Crippen molar-refractivity contribution < 1.29 is 12.9 Å². The van der Waals surface area contributed by atoms with E-state index in [-0.39, 0.29) is 5.82 Å². The molecule has 0 aliphatic heterocycles. The van der Waals surface area contributed by atoms with E-state index in [0.717, 1.165) is 0 Å². The van der Waals surface area contributed by atoms with Gasteiger partial charge in [0.15, 0.2) is 5.82 Å². The predicted octanol–water partition coefficient (Wildman–Crippen LogP) is 0.921. The van der Waals surface area contributed by atoms with E-state index in [1.807, 2.05) is 0 Å². The van der Waals surface area contributed by atoms with E-state index >= 15 is 0 Å². The second kappa shape index (κ2) is 3.32. The maximum Gasteiger partial charge on any atom is 0.248 e. The van der Waals surface area contributed by atoms with Gasteiger partial charge in [0.05, 0.1) is 0 Å². The summed E-state index contributed by atoms with van der Waals surface area (Å²) >= 11 is 5.14. The van der Waals surface area contributed by atoms with E-state index in [9.17, 15) is 8.42 Å². The molecule has 12 heavy (non-hydrogen) atoms. The highest BCUT2D eigenvalue weighted by Crippen LogP contribution is 2.09. The van der Waals surface area contributed by atoms with Crippen LogP contribution in [0.1, 0.15) is 5.76 Å². The fourth-order valence-corrected chi connectivity index (χ4v) is 1.23. The third-order valence-electron chi connectivity index (χ3n) is 1.03. The Hall–Kier alpha value is -0.750. The fraction of sp³-hybridized carbons (Fsp3) is 0.400. The van der Waals surface area contributed by atoms with E-state index in [1.54, 1.807) is 6.92 Å². The van der Waals surface area contributed by atoms with Gasteiger partial charge in [0.2, 0.25) is 10.0 Å². The van der Waals surface area contributed by atoms with Crippen molar-refractivity contribution in [3.63, 3.8) is 0 Å². The zero-order valence-electron chi connectivity index (χ0n) is 6.24. The molecule has 0 amide bonds. The summed E-state index contributed by atoms with van der Waals surface area (Å²) in [7, 11) is -3.47. The normalized spacial score (nSPS) is 11.5. The monoisotopic (exact) mass is 210 g/mol. The average molecular weight is 211 g/mol. The number of rotatable bonds is 3. The minimum atomic E-state index is -3.47. The van der Waals surface area contributed by atoms with Gasteiger partial charge in [-0.25, -0.2) is 8.42 Å². The standard InChI is InChI=1S/C5H7ClN2O3S/c1-4-2-5(7-11-4)8-12(9,10)3-6/h2H,3H2,1H3,(H,7,8). The number of hydrogen-bond donors (Lipinski definition) is 1. The molecule has 0 fully saturated rings. The molecule has 1 aromatic rings. The van der Waals surface area contributed by atoms with Crippen LogP contribution in [0.5, 0.6) is 0 Å². The van der Waals surface area contributed by atoms with Crippen molar-refractivity contribution in [3.05, 3.63) is 11.8 Å². The van der Waals surface area contributed by atoms with Crippen LogP contribution in [0.4, 0.5) is 5.82 Å². The van der Waals surface area contributed by atoms with Gasteiger partial charge in [0.1, 0.15) is 11.0 Å². The fourth-order valence-electron chi connectivity index (χ4n) is 0.601. The molecule has 0 aliphatic carbocycles. The Bertz CT molecular complexity index is 359. The molecule has 68 valence electrons. The lowest BCUT2D eigenvalue weighted by molar-refractivity contribution is 0.400. The highest BCUT2D eigenvalue weighted by Gasteiger charge is 2.10. The molecule has 0 radical (unpaired) electrons. The molecule has 0 aromatic carbocycles. The Morgan fingerprint density at radius 1 is 1.75 bits per heavy atom. The van der Waals surface area contributed by atoms with Gasteiger partial charge in [-0.15, -0.1) is 11.6 Å². The molecule has 0 bridgehead atoms. The number of halogens is 1. The van der Waals surface area contributed by atoms with Crippen LogP contribution in [-0.4, -0.2) is 18.8 Å². The molecule has 0 saturated carbocycles. The van der Waals surface area contributed by atoms with E-state index in [1.165, 1.54) is 6.07 Å². The smallest absolute Gasteiger partial charge is 0.248 e. The number of nitrogens with zero attached hydrogens (tertiary/aromatic N) is 1. The molecule has 5 nitrogen and oxygen atoms in total. The predicted molar refractivity (Wildman–Crippen MR) is 44.5 cm³/mol. The van der Waals surface area contributed by atoms with E-state index in [4.69, 9.17) is 11.6 Å². The summed E-state index contributed by atoms with van der Waals surface area (Å²) in [6.45, 7) is 1.66. The minimum absolute atomic E-state index is 0.146. The van der Waals surface area contributed by atoms with Crippen molar-refractivity contribution in [3.8, 4) is 0 Å². The molecule has 7 heteroatoms. The van der Waals surface area contributed by atoms with Crippen LogP contribution in [0.25, 0.3) is 0 Å². The van der Waals surface area contributed by atoms with Crippen LogP contribution in [0, 0.1) is 6.92 Å². The number of alkyl halides is 1. The summed E-state index contributed by atoms with van der Waals surface area (Å²) in [4.78, 5) is 0. The Labute approximate surface area is 74.7 Å². The lowest BCUT2D eigenvalue weighted by Gasteiger charge is -1.97. The van der Waals surface area contributed by atoms with E-state index in [0.29, 0.717) is 5.76 Å². The quantitative estimate of drug-likeness (QED) is 0.753. The summed E-state index contributed by atoms with van der Waals surface area (Å²) in [6.07, 6.45) is 0. The first-order valence-electron chi connectivity index (χ1n) is 3.03. The van der Waals surface area contributed by atoms with Crippen LogP contribution < -0.4 is 4.72 Å². The van der Waals surface area contributed by atoms with Gasteiger partial charge in [0, 0.05) is 6.07 Å². The number of hydrogen-bond acceptors (Lipinski definition) is 4. The molecule has 1 N–H and O–H groups in total. The van der Waals surface area contributed by atoms with Crippen LogP contribution in [0.3, 0.4) is 0 Å². The zero-order valence-corrected chi connectivity index (χ0v) is 7.82. The molecule has 0 aliphatic rings. The molecule has 1 rings (SSSR count). The lowest BCUT2D eigenvalue weighted by atomic mass is 10.5. The lowest BCUT2D eigenvalue weighted by Crippen LogP contribution is -2.13. The first-order valence-corrected chi connectivity index (χ1v) is 5.22. The van der Waals surface area contributed by atoms with Crippen molar-refractivity contribution >= 4 is 27.4 Å². The highest BCUT2D eigenvalue weighted by atomic mass is 35.5. The molecule has 1 aromatic heterocycles. The molecule has 0 atom stereocenters. The average Bonchev–Trinajstić information content (AvgIpc) is 2.35. The third kappa shape index (κ3) is 2.38. The number of nitrogens with one attached hydrogen (secondary N) is 1. The molecular formula is C5H7ClN2O3S. The topological polar surface area (TPSA) is 72.2 Å². The Balaban J connectivity index is 2.77. The number of aromatic nitrogens is 1. The second-order valence-electron chi connectivity index (χ2n) is 2.15. The van der Waals surface area contributed by atoms with Crippen molar-refractivity contribution in [2.24, 2.45) is 0 Å². The van der Waals surface area contributed by atoms with Gasteiger partial charge < -0.3 is 4.52 Å². The first-order chi connectivity index (χ1) is 5.53. The summed E-state index contributed by atoms with van der Waals surface area (Å²) < 4.78 is 28.5. The minimum Gasteiger partial charge on any atom is -0.360 e. The number of aryl methyl sites for hydroxylation is 1. The maximum absolute atomic E-state index is 10.9. The van der Waals surface area contributed by atoms with Crippen LogP contribution in [-0.2, 0) is 10.0 Å². The Morgan fingerprint density at radius 3 is 2.83 bits per heavy atom. The zero-order chi connectivity index (χ0) is 9.19. The molecule has 0 saturated heterocycles. The number of anilines is 1. The van der Waals surface area contributed by atoms with Gasteiger partial charge in [-0.1, -0.05) is 5.16 Å². The Morgan fingerprint density at radius 2 is 2.42 bits per heavy atom. The number of sulfonamides is 1. The van der Waals surface area contributed by atoms with E-state index < -0.39 is 15.2 Å². The third-order valence-corrected chi connectivity index (χ3v) is 2.70. The largest absolute Gasteiger partial charge is 0.360 e. The van der Waals surface area contributed by atoms with Gasteiger partial charge in [0.25, 0.3) is 0 Å². The highest BCUT2D eigenvalue weighted by molar-refractivity contribution is 7.93. The van der Waals surface area contributed by atoms with Crippen LogP contribution >= 0.6 is 11.6 Å². The van der Waals surface area contributed by atoms with Crippen molar-refractivity contribution in [2.75, 3.05) is 9.93 Å². The summed E-state index contributed by atoms with van der Waals surface area (Å²) in [5.74, 6) is 0.676.